The van der Waals surface area contributed by atoms with Crippen LogP contribution in [0.4, 0.5) is 5.69 Å². The molecular weight excluding hydrogens is 490 g/mol. The number of aromatic nitrogens is 6. The average Bonchev–Trinajstić information content (AvgIpc) is 3.29. The third kappa shape index (κ3) is 3.66. The summed E-state index contributed by atoms with van der Waals surface area (Å²) in [5, 5.41) is 11.9. The lowest BCUT2D eigenvalue weighted by Crippen LogP contribution is -2.22. The lowest BCUT2D eigenvalue weighted by atomic mass is 10.1. The van der Waals surface area contributed by atoms with Crippen LogP contribution in [0, 0.1) is 6.92 Å². The molecule has 5 heterocycles. The summed E-state index contributed by atoms with van der Waals surface area (Å²) in [5.41, 5.74) is 4.35. The Hall–Kier alpha value is -4.50. The van der Waals surface area contributed by atoms with E-state index < -0.39 is 0 Å². The number of hydrogen-bond acceptors (Lipinski definition) is 7. The zero-order valence-electron chi connectivity index (χ0n) is 19.7. The van der Waals surface area contributed by atoms with E-state index in [2.05, 4.69) is 25.5 Å². The second-order valence-electron chi connectivity index (χ2n) is 9.29. The minimum atomic E-state index is -0.348. The van der Waals surface area contributed by atoms with Crippen molar-refractivity contribution in [2.45, 2.75) is 25.3 Å². The van der Waals surface area contributed by atoms with E-state index in [1.807, 2.05) is 49.4 Å². The summed E-state index contributed by atoms with van der Waals surface area (Å²) in [4.78, 5) is 30.0. The molecule has 1 aliphatic rings. The fraction of sp³-hybridized carbons (Fsp3) is 0.148. The highest BCUT2D eigenvalue weighted by molar-refractivity contribution is 6.35. The van der Waals surface area contributed by atoms with Crippen molar-refractivity contribution in [3.63, 3.8) is 0 Å². The lowest BCUT2D eigenvalue weighted by Gasteiger charge is -2.19. The number of nitrogens with zero attached hydrogens (tertiary/aromatic N) is 4. The number of H-pyrrole nitrogens is 2. The summed E-state index contributed by atoms with van der Waals surface area (Å²) in [6.45, 7) is 1.86. The van der Waals surface area contributed by atoms with E-state index in [1.54, 1.807) is 12.4 Å². The second kappa shape index (κ2) is 8.01. The number of hydrogen-bond donors (Lipinski definition) is 3. The Balaban J connectivity index is 1.46. The molecule has 3 N–H and O–H groups in total. The van der Waals surface area contributed by atoms with Crippen molar-refractivity contribution in [1.82, 2.24) is 30.1 Å². The van der Waals surface area contributed by atoms with Gasteiger partial charge >= 0.3 is 0 Å². The Morgan fingerprint density at radius 2 is 1.97 bits per heavy atom. The molecule has 0 saturated heterocycles. The highest BCUT2D eigenvalue weighted by Gasteiger charge is 2.46. The smallest absolute Gasteiger partial charge is 0.251 e. The van der Waals surface area contributed by atoms with Gasteiger partial charge in [0.05, 0.1) is 33.7 Å². The van der Waals surface area contributed by atoms with Gasteiger partial charge in [0, 0.05) is 23.2 Å². The van der Waals surface area contributed by atoms with E-state index in [0.29, 0.717) is 39.0 Å². The first-order valence-electron chi connectivity index (χ1n) is 11.8. The number of rotatable bonds is 5. The standard InChI is InChI=1S/C27H20ClN7O2/c1-14-5-6-19(37-14)25-23(15-10-16-13-30-35-22(16)17(28)11-15)32-24-18(12-21(36)31-26(24)33-25)34-27(7-8-27)20-4-2-3-9-29-20/h2-6,9-13H,7-8H2,1H3,(H,30,35)(H2,31,33,34,36). The number of halogens is 1. The Bertz CT molecular complexity index is 1870. The largest absolute Gasteiger partial charge is 0.460 e. The summed E-state index contributed by atoms with van der Waals surface area (Å²) in [6, 6.07) is 14.8. The molecule has 7 rings (SSSR count). The molecule has 6 aromatic rings. The maximum atomic E-state index is 12.7. The number of nitrogens with one attached hydrogen (secondary N) is 3. The predicted octanol–water partition coefficient (Wildman–Crippen LogP) is 5.58. The number of anilines is 1. The number of aromatic amines is 2. The Morgan fingerprint density at radius 1 is 1.08 bits per heavy atom. The molecule has 182 valence electrons. The summed E-state index contributed by atoms with van der Waals surface area (Å²) < 4.78 is 5.92. The molecule has 9 nitrogen and oxygen atoms in total. The molecule has 0 unspecified atom stereocenters. The van der Waals surface area contributed by atoms with E-state index in [0.717, 1.165) is 40.8 Å². The summed E-state index contributed by atoms with van der Waals surface area (Å²) in [5.74, 6) is 1.28. The topological polar surface area (TPSA) is 125 Å². The van der Waals surface area contributed by atoms with E-state index in [9.17, 15) is 4.79 Å². The van der Waals surface area contributed by atoms with Gasteiger partial charge in [-0.25, -0.2) is 9.97 Å². The van der Waals surface area contributed by atoms with Crippen LogP contribution in [0.2, 0.25) is 5.02 Å². The molecule has 1 aromatic carbocycles. The Kier molecular flexibility index (Phi) is 4.71. The van der Waals surface area contributed by atoms with Crippen LogP contribution in [0.5, 0.6) is 0 Å². The van der Waals surface area contributed by atoms with E-state index in [4.69, 9.17) is 26.0 Å². The van der Waals surface area contributed by atoms with Crippen LogP contribution >= 0.6 is 11.6 Å². The maximum absolute atomic E-state index is 12.7. The normalized spacial score (nSPS) is 14.3. The van der Waals surface area contributed by atoms with Gasteiger partial charge in [0.2, 0.25) is 0 Å². The Morgan fingerprint density at radius 3 is 2.73 bits per heavy atom. The monoisotopic (exact) mass is 509 g/mol. The van der Waals surface area contributed by atoms with Crippen molar-refractivity contribution in [2.24, 2.45) is 0 Å². The average molecular weight is 510 g/mol. The van der Waals surface area contributed by atoms with E-state index in [-0.39, 0.29) is 11.1 Å². The molecule has 0 radical (unpaired) electrons. The van der Waals surface area contributed by atoms with Crippen molar-refractivity contribution >= 4 is 39.4 Å². The van der Waals surface area contributed by atoms with Crippen molar-refractivity contribution in [2.75, 3.05) is 5.32 Å². The predicted molar refractivity (Wildman–Crippen MR) is 141 cm³/mol. The van der Waals surface area contributed by atoms with E-state index >= 15 is 0 Å². The molecule has 1 saturated carbocycles. The molecule has 0 amide bonds. The minimum Gasteiger partial charge on any atom is -0.460 e. The van der Waals surface area contributed by atoms with Crippen LogP contribution in [-0.2, 0) is 5.54 Å². The van der Waals surface area contributed by atoms with Crippen LogP contribution in [0.3, 0.4) is 0 Å². The number of fused-ring (bicyclic) bond motifs is 2. The van der Waals surface area contributed by atoms with E-state index in [1.165, 1.54) is 6.07 Å². The van der Waals surface area contributed by atoms with Gasteiger partial charge in [-0.15, -0.1) is 0 Å². The quantitative estimate of drug-likeness (QED) is 0.277. The zero-order valence-corrected chi connectivity index (χ0v) is 20.4. The van der Waals surface area contributed by atoms with Gasteiger partial charge in [0.15, 0.2) is 11.4 Å². The second-order valence-corrected chi connectivity index (χ2v) is 9.70. The van der Waals surface area contributed by atoms with Crippen molar-refractivity contribution in [3.05, 3.63) is 87.8 Å². The van der Waals surface area contributed by atoms with Crippen LogP contribution < -0.4 is 10.9 Å². The number of aryl methyl sites for hydroxylation is 1. The maximum Gasteiger partial charge on any atom is 0.251 e. The first kappa shape index (κ1) is 21.8. The van der Waals surface area contributed by atoms with Crippen LogP contribution in [0.15, 0.2) is 70.1 Å². The lowest BCUT2D eigenvalue weighted by molar-refractivity contribution is 0.546. The summed E-state index contributed by atoms with van der Waals surface area (Å²) in [6.07, 6.45) is 5.28. The summed E-state index contributed by atoms with van der Waals surface area (Å²) >= 11 is 6.58. The fourth-order valence-electron chi connectivity index (χ4n) is 4.72. The molecule has 1 aliphatic carbocycles. The summed E-state index contributed by atoms with van der Waals surface area (Å²) in [7, 11) is 0. The van der Waals surface area contributed by atoms with Crippen molar-refractivity contribution in [3.8, 4) is 22.7 Å². The third-order valence-electron chi connectivity index (χ3n) is 6.70. The highest BCUT2D eigenvalue weighted by Crippen LogP contribution is 2.48. The number of furan rings is 1. The first-order chi connectivity index (χ1) is 18.0. The minimum absolute atomic E-state index is 0.279. The van der Waals surface area contributed by atoms with Crippen LogP contribution in [0.25, 0.3) is 44.8 Å². The molecule has 5 aromatic heterocycles. The number of benzene rings is 1. The van der Waals surface area contributed by atoms with Gasteiger partial charge in [-0.3, -0.25) is 14.9 Å². The highest BCUT2D eigenvalue weighted by atomic mass is 35.5. The van der Waals surface area contributed by atoms with Gasteiger partial charge in [-0.05, 0) is 56.2 Å². The molecule has 10 heteroatoms. The SMILES string of the molecule is Cc1ccc(-c2nc3[nH]c(=O)cc(NC4(c5ccccn5)CC4)c3nc2-c2cc(Cl)c3[nH]ncc3c2)o1. The van der Waals surface area contributed by atoms with Gasteiger partial charge in [-0.2, -0.15) is 5.10 Å². The van der Waals surface area contributed by atoms with Crippen LogP contribution in [0.1, 0.15) is 24.3 Å². The first-order valence-corrected chi connectivity index (χ1v) is 12.2. The van der Waals surface area contributed by atoms with Crippen LogP contribution in [-0.4, -0.2) is 30.1 Å². The van der Waals surface area contributed by atoms with Crippen molar-refractivity contribution < 1.29 is 4.42 Å². The fourth-order valence-corrected chi connectivity index (χ4v) is 4.99. The third-order valence-corrected chi connectivity index (χ3v) is 6.99. The van der Waals surface area contributed by atoms with Gasteiger partial charge in [0.1, 0.15) is 22.7 Å². The Labute approximate surface area is 215 Å². The molecule has 0 bridgehead atoms. The van der Waals surface area contributed by atoms with Gasteiger partial charge in [-0.1, -0.05) is 17.7 Å². The molecular formula is C27H20ClN7O2. The molecule has 0 atom stereocenters. The molecule has 37 heavy (non-hydrogen) atoms. The molecule has 0 aliphatic heterocycles. The number of pyridine rings is 2. The zero-order chi connectivity index (χ0) is 25.1. The van der Waals surface area contributed by atoms with Gasteiger partial charge in [0.25, 0.3) is 5.56 Å². The molecule has 0 spiro atoms. The van der Waals surface area contributed by atoms with Crippen molar-refractivity contribution in [1.29, 1.82) is 0 Å². The molecule has 1 fully saturated rings. The van der Waals surface area contributed by atoms with Gasteiger partial charge < -0.3 is 14.7 Å².